The molecule has 0 aliphatic carbocycles. The van der Waals surface area contributed by atoms with Crippen LogP contribution in [0.1, 0.15) is 52.7 Å². The van der Waals surface area contributed by atoms with Crippen molar-refractivity contribution in [3.05, 3.63) is 109 Å². The summed E-state index contributed by atoms with van der Waals surface area (Å²) in [6.45, 7) is 32.4. The van der Waals surface area contributed by atoms with Crippen LogP contribution in [0.25, 0.3) is 10.6 Å². The normalized spacial score (nSPS) is 17.1. The van der Waals surface area contributed by atoms with Gasteiger partial charge < -0.3 is 0 Å². The summed E-state index contributed by atoms with van der Waals surface area (Å²) in [6, 6.07) is 22.2. The first kappa shape index (κ1) is 35.4. The number of benzene rings is 2. The molecule has 2 aliphatic heterocycles. The molecule has 2 aromatic rings. The van der Waals surface area contributed by atoms with Gasteiger partial charge in [-0.3, -0.25) is 0 Å². The van der Waals surface area contributed by atoms with Gasteiger partial charge in [0.2, 0.25) is 0 Å². The standard InChI is InChI=1S/C24H28P2.4CO.Fe/c1-23(2,3)21-19(17-13-9-7-10-14-17)25(21)26-20(22(26)24(4,5)6)18-15-11-8-12-16-18;4*1-2;/h7-16H,1-6H3;;;;;/t25-,26?;;;;;/m0...../s1. The van der Waals surface area contributed by atoms with Crippen LogP contribution in [0.4, 0.5) is 0 Å². The van der Waals surface area contributed by atoms with Gasteiger partial charge in [0.05, 0.1) is 0 Å². The average Bonchev–Trinajstić information content (AvgIpc) is 3.76. The van der Waals surface area contributed by atoms with Crippen molar-refractivity contribution in [1.29, 1.82) is 0 Å². The molecule has 0 N–H and O–H groups in total. The van der Waals surface area contributed by atoms with E-state index in [1.165, 1.54) is 11.1 Å². The Morgan fingerprint density at radius 3 is 0.914 bits per heavy atom. The molecule has 7 heteroatoms. The minimum atomic E-state index is -0.132. The molecule has 1 unspecified atom stereocenters. The number of allylic oxidation sites excluding steroid dienone is 2. The third-order valence-electron chi connectivity index (χ3n) is 4.91. The van der Waals surface area contributed by atoms with Crippen LogP contribution < -0.4 is 0 Å². The van der Waals surface area contributed by atoms with Gasteiger partial charge in [-0.05, 0) is 58.4 Å². The average molecular weight is 546 g/mol. The van der Waals surface area contributed by atoms with E-state index in [4.69, 9.17) is 18.6 Å². The van der Waals surface area contributed by atoms with E-state index in [0.29, 0.717) is 0 Å². The number of hydrogen-bond acceptors (Lipinski definition) is 0. The van der Waals surface area contributed by atoms with Crippen LogP contribution in [0, 0.1) is 37.4 Å². The van der Waals surface area contributed by atoms with Crippen molar-refractivity contribution < 1.29 is 35.7 Å². The first-order chi connectivity index (χ1) is 16.2. The molecule has 2 heterocycles. The molecule has 35 heavy (non-hydrogen) atoms. The Kier molecular flexibility index (Phi) is 16.3. The van der Waals surface area contributed by atoms with E-state index in [1.807, 2.05) is 0 Å². The molecule has 0 bridgehead atoms. The number of rotatable bonds is 3. The van der Waals surface area contributed by atoms with Crippen molar-refractivity contribution in [2.75, 3.05) is 0 Å². The summed E-state index contributed by atoms with van der Waals surface area (Å²) < 4.78 is 30.0. The van der Waals surface area contributed by atoms with Crippen molar-refractivity contribution in [1.82, 2.24) is 0 Å². The molecule has 4 rings (SSSR count). The molecule has 2 atom stereocenters. The quantitative estimate of drug-likeness (QED) is 0.160. The third-order valence-corrected chi connectivity index (χ3v) is 12.9. The Labute approximate surface area is 222 Å². The zero-order chi connectivity index (χ0) is 26.7. The van der Waals surface area contributed by atoms with Crippen molar-refractivity contribution in [2.24, 2.45) is 10.8 Å². The molecule has 2 aliphatic rings. The van der Waals surface area contributed by atoms with E-state index in [0.717, 1.165) is 0 Å². The maximum Gasteiger partial charge on any atom is 0 e. The van der Waals surface area contributed by atoms with Gasteiger partial charge in [0, 0.05) is 17.1 Å². The van der Waals surface area contributed by atoms with Crippen molar-refractivity contribution in [3.8, 4) is 0 Å². The third kappa shape index (κ3) is 8.70. The summed E-state index contributed by atoms with van der Waals surface area (Å²) in [7, 11) is -0.264. The first-order valence-electron chi connectivity index (χ1n) is 10.2. The van der Waals surface area contributed by atoms with Crippen molar-refractivity contribution >= 4 is 25.8 Å². The summed E-state index contributed by atoms with van der Waals surface area (Å²) in [5.41, 5.74) is 3.45. The van der Waals surface area contributed by atoms with Gasteiger partial charge in [-0.15, -0.1) is 0 Å². The zero-order valence-corrected chi connectivity index (χ0v) is 23.5. The minimum Gasteiger partial charge on any atom is 0 e. The Balaban J connectivity index is 0. The van der Waals surface area contributed by atoms with Crippen LogP contribution in [0.3, 0.4) is 0 Å². The first-order valence-corrected chi connectivity index (χ1v) is 13.6. The maximum absolute atomic E-state index is 7.50. The predicted molar refractivity (Wildman–Crippen MR) is 135 cm³/mol. The summed E-state index contributed by atoms with van der Waals surface area (Å²) in [6.07, 6.45) is 0. The fraction of sp³-hybridized carbons (Fsp3) is 0.286. The molecule has 0 aromatic heterocycles. The van der Waals surface area contributed by atoms with E-state index in [2.05, 4.69) is 129 Å². The Morgan fingerprint density at radius 1 is 0.486 bits per heavy atom. The molecule has 0 fully saturated rings. The summed E-state index contributed by atoms with van der Waals surface area (Å²) in [5.74, 6) is 0. The van der Waals surface area contributed by atoms with E-state index >= 15 is 0 Å². The van der Waals surface area contributed by atoms with Crippen molar-refractivity contribution in [3.63, 3.8) is 0 Å². The molecule has 4 nitrogen and oxygen atoms in total. The van der Waals surface area contributed by atoms with Crippen molar-refractivity contribution in [2.45, 2.75) is 41.5 Å². The largest absolute Gasteiger partial charge is 0 e. The molecule has 0 amide bonds. The molecular weight excluding hydrogens is 518 g/mol. The van der Waals surface area contributed by atoms with E-state index < -0.39 is 0 Å². The molecule has 0 radical (unpaired) electrons. The van der Waals surface area contributed by atoms with Crippen LogP contribution >= 0.6 is 15.2 Å². The summed E-state index contributed by atoms with van der Waals surface area (Å²) in [4.78, 5) is 0. The molecule has 0 saturated carbocycles. The Morgan fingerprint density at radius 2 is 0.714 bits per heavy atom. The van der Waals surface area contributed by atoms with Crippen LogP contribution in [-0.4, -0.2) is 0 Å². The molecule has 0 saturated heterocycles. The molecule has 0 spiro atoms. The fourth-order valence-corrected chi connectivity index (χ4v) is 14.7. The molecule has 182 valence electrons. The Hall–Kier alpha value is -1.74. The SMILES string of the molecule is CC(C)(C)C1=C(c2ccccc2)P1[P@@]1C(c2ccccc2)=C1C(C)(C)C.[C-]#[O+].[C-]#[O+].[C-]#[O+].[C-]#[O+].[Fe]. The second kappa shape index (κ2) is 16.1. The second-order valence-electron chi connectivity index (χ2n) is 9.25. The zero-order valence-electron chi connectivity index (χ0n) is 20.7. The predicted octanol–water partition coefficient (Wildman–Crippen LogP) is 8.57. The van der Waals surface area contributed by atoms with Gasteiger partial charge in [0.25, 0.3) is 0 Å². The van der Waals surface area contributed by atoms with Crippen LogP contribution in [0.5, 0.6) is 0 Å². The van der Waals surface area contributed by atoms with Gasteiger partial charge in [0.15, 0.2) is 0 Å². The summed E-state index contributed by atoms with van der Waals surface area (Å²) >= 11 is 0. The van der Waals surface area contributed by atoms with Gasteiger partial charge >= 0.3 is 45.2 Å². The molecular formula is C28H28FeO4P2. The fourth-order valence-electron chi connectivity index (χ4n) is 3.77. The molecule has 2 aromatic carbocycles. The second-order valence-corrected chi connectivity index (χ2v) is 14.7. The number of hydrogen-bond donors (Lipinski definition) is 0. The van der Waals surface area contributed by atoms with Gasteiger partial charge in [-0.2, -0.15) is 0 Å². The smallest absolute Gasteiger partial charge is 0 e. The summed E-state index contributed by atoms with van der Waals surface area (Å²) in [5, 5.41) is 6.87. The van der Waals surface area contributed by atoms with Gasteiger partial charge in [-0.1, -0.05) is 102 Å². The van der Waals surface area contributed by atoms with Gasteiger partial charge in [0.1, 0.15) is 0 Å². The minimum absolute atomic E-state index is 0. The van der Waals surface area contributed by atoms with Crippen LogP contribution in [-0.2, 0) is 35.7 Å². The maximum atomic E-state index is 7.50. The van der Waals surface area contributed by atoms with E-state index in [1.54, 1.807) is 21.3 Å². The van der Waals surface area contributed by atoms with Crippen LogP contribution in [0.15, 0.2) is 71.3 Å². The van der Waals surface area contributed by atoms with Crippen LogP contribution in [0.2, 0.25) is 0 Å². The monoisotopic (exact) mass is 546 g/mol. The van der Waals surface area contributed by atoms with E-state index in [9.17, 15) is 0 Å². The Bertz CT molecular complexity index is 983. The van der Waals surface area contributed by atoms with E-state index in [-0.39, 0.29) is 43.1 Å². The van der Waals surface area contributed by atoms with Gasteiger partial charge in [-0.25, -0.2) is 0 Å². The topological polar surface area (TPSA) is 79.6 Å².